The summed E-state index contributed by atoms with van der Waals surface area (Å²) in [5.41, 5.74) is 0.501. The van der Waals surface area contributed by atoms with E-state index in [2.05, 4.69) is 5.32 Å². The molecule has 7 heteroatoms. The van der Waals surface area contributed by atoms with Crippen molar-refractivity contribution in [3.8, 4) is 0 Å². The summed E-state index contributed by atoms with van der Waals surface area (Å²) in [7, 11) is -3.61. The molecule has 2 aromatic rings. The summed E-state index contributed by atoms with van der Waals surface area (Å²) >= 11 is 0. The number of hydrogen-bond acceptors (Lipinski definition) is 4. The average molecular weight is 339 g/mol. The molecule has 0 saturated heterocycles. The van der Waals surface area contributed by atoms with Gasteiger partial charge in [0.15, 0.2) is 9.84 Å². The van der Waals surface area contributed by atoms with Crippen molar-refractivity contribution in [3.05, 3.63) is 53.7 Å². The molecule has 1 amide bonds. The number of nitrogens with one attached hydrogen (secondary N) is 1. The fourth-order valence-electron chi connectivity index (χ4n) is 2.18. The Hall–Kier alpha value is -2.15. The number of hydrogen-bond donors (Lipinski definition) is 1. The van der Waals surface area contributed by atoms with Crippen molar-refractivity contribution in [2.75, 3.05) is 6.26 Å². The van der Waals surface area contributed by atoms with Crippen molar-refractivity contribution >= 4 is 15.7 Å². The first-order valence-electron chi connectivity index (χ1n) is 7.08. The summed E-state index contributed by atoms with van der Waals surface area (Å²) in [4.78, 5) is 11.5. The Morgan fingerprint density at radius 3 is 2.65 bits per heavy atom. The van der Waals surface area contributed by atoms with Gasteiger partial charge in [0.2, 0.25) is 5.91 Å². The summed E-state index contributed by atoms with van der Waals surface area (Å²) in [6.45, 7) is 1.71. The van der Waals surface area contributed by atoms with Crippen LogP contribution in [0.3, 0.4) is 0 Å². The molecule has 1 heterocycles. The Kier molecular flexibility index (Phi) is 5.20. The number of rotatable bonds is 6. The van der Waals surface area contributed by atoms with Crippen LogP contribution in [0.25, 0.3) is 0 Å². The number of carbonyl (C=O) groups excluding carboxylic acids is 1. The van der Waals surface area contributed by atoms with E-state index in [9.17, 15) is 17.6 Å². The first kappa shape index (κ1) is 17.2. The molecule has 1 atom stereocenters. The van der Waals surface area contributed by atoms with E-state index in [4.69, 9.17) is 4.42 Å². The van der Waals surface area contributed by atoms with Crippen molar-refractivity contribution in [3.63, 3.8) is 0 Å². The maximum Gasteiger partial charge on any atom is 0.220 e. The van der Waals surface area contributed by atoms with Crippen LogP contribution in [0, 0.1) is 5.82 Å². The fourth-order valence-corrected chi connectivity index (χ4v) is 2.90. The molecular weight excluding hydrogens is 321 g/mol. The summed E-state index contributed by atoms with van der Waals surface area (Å²) in [5.74, 6) is -0.292. The number of halogens is 1. The molecule has 0 aliphatic heterocycles. The number of aryl methyl sites for hydroxylation is 1. The van der Waals surface area contributed by atoms with Gasteiger partial charge >= 0.3 is 0 Å². The lowest BCUT2D eigenvalue weighted by molar-refractivity contribution is -0.121. The second-order valence-electron chi connectivity index (χ2n) is 5.33. The molecule has 1 aromatic heterocycles. The summed E-state index contributed by atoms with van der Waals surface area (Å²) in [6.07, 6.45) is 3.22. The number of amides is 1. The van der Waals surface area contributed by atoms with E-state index in [1.807, 2.05) is 0 Å². The van der Waals surface area contributed by atoms with Gasteiger partial charge in [-0.2, -0.15) is 0 Å². The Bertz CT molecular complexity index is 784. The smallest absolute Gasteiger partial charge is 0.220 e. The first-order valence-corrected chi connectivity index (χ1v) is 8.98. The van der Waals surface area contributed by atoms with Crippen molar-refractivity contribution in [1.29, 1.82) is 0 Å². The number of furan rings is 1. The summed E-state index contributed by atoms with van der Waals surface area (Å²) < 4.78 is 41.8. The second kappa shape index (κ2) is 6.95. The Labute approximate surface area is 134 Å². The first-order chi connectivity index (χ1) is 10.8. The minimum absolute atomic E-state index is 0.193. The molecule has 1 N–H and O–H groups in total. The zero-order chi connectivity index (χ0) is 17.0. The Morgan fingerprint density at radius 2 is 2.09 bits per heavy atom. The van der Waals surface area contributed by atoms with Crippen LogP contribution < -0.4 is 5.32 Å². The quantitative estimate of drug-likeness (QED) is 0.878. The lowest BCUT2D eigenvalue weighted by atomic mass is 10.1. The SMILES string of the molecule is C[C@@H](NC(=O)CCc1ccco1)c1ccc(S(C)(=O)=O)c(F)c1. The van der Waals surface area contributed by atoms with Gasteiger partial charge in [0.1, 0.15) is 16.5 Å². The monoisotopic (exact) mass is 339 g/mol. The van der Waals surface area contributed by atoms with Gasteiger partial charge in [-0.05, 0) is 36.8 Å². The van der Waals surface area contributed by atoms with Gasteiger partial charge in [-0.25, -0.2) is 12.8 Å². The molecule has 0 spiro atoms. The van der Waals surface area contributed by atoms with E-state index in [0.29, 0.717) is 12.0 Å². The molecule has 124 valence electrons. The molecule has 0 saturated carbocycles. The maximum atomic E-state index is 13.9. The highest BCUT2D eigenvalue weighted by atomic mass is 32.2. The fraction of sp³-hybridized carbons (Fsp3) is 0.312. The van der Waals surface area contributed by atoms with Crippen molar-refractivity contribution in [2.24, 2.45) is 0 Å². The number of carbonyl (C=O) groups is 1. The molecular formula is C16H18FNO4S. The molecule has 0 unspecified atom stereocenters. The van der Waals surface area contributed by atoms with Crippen molar-refractivity contribution in [1.82, 2.24) is 5.32 Å². The van der Waals surface area contributed by atoms with E-state index < -0.39 is 21.7 Å². The minimum atomic E-state index is -3.61. The maximum absolute atomic E-state index is 13.9. The third-order valence-electron chi connectivity index (χ3n) is 3.41. The predicted octanol–water partition coefficient (Wildman–Crippen LogP) is 2.63. The van der Waals surface area contributed by atoms with Gasteiger partial charge in [-0.15, -0.1) is 0 Å². The zero-order valence-corrected chi connectivity index (χ0v) is 13.7. The van der Waals surface area contributed by atoms with E-state index in [1.165, 1.54) is 12.1 Å². The largest absolute Gasteiger partial charge is 0.469 e. The Balaban J connectivity index is 1.98. The van der Waals surface area contributed by atoms with Gasteiger partial charge in [-0.1, -0.05) is 6.07 Å². The van der Waals surface area contributed by atoms with Crippen LogP contribution in [0.1, 0.15) is 30.7 Å². The van der Waals surface area contributed by atoms with Gasteiger partial charge in [-0.3, -0.25) is 4.79 Å². The molecule has 0 bridgehead atoms. The van der Waals surface area contributed by atoms with Gasteiger partial charge in [0.05, 0.1) is 12.3 Å². The molecule has 23 heavy (non-hydrogen) atoms. The van der Waals surface area contributed by atoms with Crippen molar-refractivity contribution < 1.29 is 22.0 Å². The highest BCUT2D eigenvalue weighted by Crippen LogP contribution is 2.20. The molecule has 0 radical (unpaired) electrons. The Morgan fingerprint density at radius 1 is 1.35 bits per heavy atom. The second-order valence-corrected chi connectivity index (χ2v) is 7.31. The zero-order valence-electron chi connectivity index (χ0n) is 12.9. The number of benzene rings is 1. The molecule has 0 aliphatic rings. The predicted molar refractivity (Wildman–Crippen MR) is 83.1 cm³/mol. The van der Waals surface area contributed by atoms with Crippen LogP contribution >= 0.6 is 0 Å². The third-order valence-corrected chi connectivity index (χ3v) is 4.54. The normalized spacial score (nSPS) is 12.8. The lowest BCUT2D eigenvalue weighted by Gasteiger charge is -2.15. The van der Waals surface area contributed by atoms with Gasteiger partial charge < -0.3 is 9.73 Å². The van der Waals surface area contributed by atoms with E-state index in [1.54, 1.807) is 25.3 Å². The van der Waals surface area contributed by atoms with Crippen LogP contribution in [0.15, 0.2) is 45.9 Å². The molecule has 0 aliphatic carbocycles. The van der Waals surface area contributed by atoms with Crippen LogP contribution in [-0.2, 0) is 21.1 Å². The molecule has 0 fully saturated rings. The highest BCUT2D eigenvalue weighted by molar-refractivity contribution is 7.90. The van der Waals surface area contributed by atoms with Crippen LogP contribution in [0.5, 0.6) is 0 Å². The van der Waals surface area contributed by atoms with Crippen LogP contribution in [0.4, 0.5) is 4.39 Å². The van der Waals surface area contributed by atoms with Gasteiger partial charge in [0, 0.05) is 19.1 Å². The van der Waals surface area contributed by atoms with Crippen LogP contribution in [-0.4, -0.2) is 20.6 Å². The molecule has 5 nitrogen and oxygen atoms in total. The lowest BCUT2D eigenvalue weighted by Crippen LogP contribution is -2.27. The van der Waals surface area contributed by atoms with E-state index >= 15 is 0 Å². The van der Waals surface area contributed by atoms with E-state index in [-0.39, 0.29) is 17.2 Å². The highest BCUT2D eigenvalue weighted by Gasteiger charge is 2.17. The topological polar surface area (TPSA) is 76.4 Å². The average Bonchev–Trinajstić information content (AvgIpc) is 2.96. The molecule has 1 aromatic carbocycles. The number of sulfone groups is 1. The van der Waals surface area contributed by atoms with Crippen molar-refractivity contribution in [2.45, 2.75) is 30.7 Å². The van der Waals surface area contributed by atoms with Gasteiger partial charge in [0.25, 0.3) is 0 Å². The summed E-state index contributed by atoms with van der Waals surface area (Å²) in [5, 5.41) is 2.75. The minimum Gasteiger partial charge on any atom is -0.469 e. The van der Waals surface area contributed by atoms with E-state index in [0.717, 1.165) is 18.1 Å². The third kappa shape index (κ3) is 4.66. The standard InChI is InChI=1S/C16H18FNO4S/c1-11(18-16(19)8-6-13-4-3-9-22-13)12-5-7-15(14(17)10-12)23(2,20)21/h3-5,7,9-11H,6,8H2,1-2H3,(H,18,19)/t11-/m1/s1. The summed E-state index contributed by atoms with van der Waals surface area (Å²) in [6, 6.07) is 6.95. The van der Waals surface area contributed by atoms with Crippen LogP contribution in [0.2, 0.25) is 0 Å². The molecule has 2 rings (SSSR count).